The summed E-state index contributed by atoms with van der Waals surface area (Å²) in [6, 6.07) is 14.9. The van der Waals surface area contributed by atoms with Crippen LogP contribution in [0.15, 0.2) is 54.6 Å². The van der Waals surface area contributed by atoms with E-state index in [9.17, 15) is 14.0 Å². The predicted molar refractivity (Wildman–Crippen MR) is 109 cm³/mol. The van der Waals surface area contributed by atoms with Crippen molar-refractivity contribution in [3.05, 3.63) is 71.5 Å². The molecule has 0 aromatic heterocycles. The van der Waals surface area contributed by atoms with E-state index < -0.39 is 6.04 Å². The number of halogens is 1. The Labute approximate surface area is 166 Å². The van der Waals surface area contributed by atoms with Crippen LogP contribution in [0.2, 0.25) is 0 Å². The molecule has 5 heteroatoms. The highest BCUT2D eigenvalue weighted by atomic mass is 19.1. The second kappa shape index (κ2) is 9.49. The summed E-state index contributed by atoms with van der Waals surface area (Å²) < 4.78 is 13.2. The zero-order valence-corrected chi connectivity index (χ0v) is 17.0. The van der Waals surface area contributed by atoms with E-state index >= 15 is 0 Å². The van der Waals surface area contributed by atoms with Crippen LogP contribution in [0.1, 0.15) is 45.2 Å². The minimum Gasteiger partial charge on any atom is -0.350 e. The number of benzene rings is 2. The molecule has 2 amide bonds. The van der Waals surface area contributed by atoms with E-state index in [1.54, 1.807) is 17.0 Å². The minimum atomic E-state index is -0.577. The molecule has 1 atom stereocenters. The number of amides is 2. The SMILES string of the molecule is CC[C@H](C(=O)NC(C)(C)C)N(Cc1ccccc1)C(=O)Cc1ccc(F)cc1. The molecule has 150 valence electrons. The van der Waals surface area contributed by atoms with Crippen molar-refractivity contribution in [3.63, 3.8) is 0 Å². The normalized spacial score (nSPS) is 12.3. The molecule has 2 aromatic rings. The lowest BCUT2D eigenvalue weighted by atomic mass is 10.0. The summed E-state index contributed by atoms with van der Waals surface area (Å²) in [7, 11) is 0. The summed E-state index contributed by atoms with van der Waals surface area (Å²) in [5, 5.41) is 2.98. The van der Waals surface area contributed by atoms with E-state index in [2.05, 4.69) is 5.32 Å². The smallest absolute Gasteiger partial charge is 0.243 e. The average Bonchev–Trinajstić information content (AvgIpc) is 2.63. The Morgan fingerprint density at radius 2 is 1.61 bits per heavy atom. The molecule has 0 radical (unpaired) electrons. The van der Waals surface area contributed by atoms with Gasteiger partial charge in [0.25, 0.3) is 0 Å². The van der Waals surface area contributed by atoms with E-state index in [-0.39, 0.29) is 29.6 Å². The Balaban J connectivity index is 2.27. The Morgan fingerprint density at radius 1 is 1.00 bits per heavy atom. The van der Waals surface area contributed by atoms with Crippen molar-refractivity contribution in [3.8, 4) is 0 Å². The number of nitrogens with one attached hydrogen (secondary N) is 1. The summed E-state index contributed by atoms with van der Waals surface area (Å²) in [5.41, 5.74) is 1.29. The van der Waals surface area contributed by atoms with Crippen LogP contribution in [-0.4, -0.2) is 28.3 Å². The van der Waals surface area contributed by atoms with Crippen LogP contribution >= 0.6 is 0 Å². The molecule has 0 heterocycles. The van der Waals surface area contributed by atoms with Gasteiger partial charge in [-0.3, -0.25) is 9.59 Å². The summed E-state index contributed by atoms with van der Waals surface area (Å²) in [6.45, 7) is 7.99. The summed E-state index contributed by atoms with van der Waals surface area (Å²) in [6.07, 6.45) is 0.621. The number of hydrogen-bond donors (Lipinski definition) is 1. The van der Waals surface area contributed by atoms with Gasteiger partial charge in [0.1, 0.15) is 11.9 Å². The zero-order chi connectivity index (χ0) is 20.7. The van der Waals surface area contributed by atoms with Gasteiger partial charge in [0.05, 0.1) is 6.42 Å². The van der Waals surface area contributed by atoms with E-state index in [4.69, 9.17) is 0 Å². The fraction of sp³-hybridized carbons (Fsp3) is 0.391. The van der Waals surface area contributed by atoms with Crippen LogP contribution < -0.4 is 5.32 Å². The number of nitrogens with zero attached hydrogens (tertiary/aromatic N) is 1. The van der Waals surface area contributed by atoms with Crippen LogP contribution in [0.25, 0.3) is 0 Å². The largest absolute Gasteiger partial charge is 0.350 e. The van der Waals surface area contributed by atoms with Crippen LogP contribution in [-0.2, 0) is 22.6 Å². The van der Waals surface area contributed by atoms with Gasteiger partial charge < -0.3 is 10.2 Å². The number of carbonyl (C=O) groups excluding carboxylic acids is 2. The molecule has 0 bridgehead atoms. The lowest BCUT2D eigenvalue weighted by Gasteiger charge is -2.33. The van der Waals surface area contributed by atoms with Crippen LogP contribution in [0, 0.1) is 5.82 Å². The molecule has 2 aromatic carbocycles. The van der Waals surface area contributed by atoms with Crippen LogP contribution in [0.4, 0.5) is 4.39 Å². The van der Waals surface area contributed by atoms with Gasteiger partial charge in [-0.25, -0.2) is 4.39 Å². The van der Waals surface area contributed by atoms with E-state index in [1.165, 1.54) is 12.1 Å². The Morgan fingerprint density at radius 3 is 2.14 bits per heavy atom. The monoisotopic (exact) mass is 384 g/mol. The molecule has 0 aliphatic heterocycles. The topological polar surface area (TPSA) is 49.4 Å². The lowest BCUT2D eigenvalue weighted by molar-refractivity contribution is -0.141. The van der Waals surface area contributed by atoms with E-state index in [1.807, 2.05) is 58.0 Å². The molecule has 0 aliphatic carbocycles. The first-order valence-corrected chi connectivity index (χ1v) is 9.59. The highest BCUT2D eigenvalue weighted by Crippen LogP contribution is 2.16. The highest BCUT2D eigenvalue weighted by Gasteiger charge is 2.30. The number of rotatable bonds is 7. The molecule has 2 rings (SSSR count). The van der Waals surface area contributed by atoms with Gasteiger partial charge in [0.15, 0.2) is 0 Å². The van der Waals surface area contributed by atoms with Crippen molar-refractivity contribution >= 4 is 11.8 Å². The first kappa shape index (κ1) is 21.6. The Bertz CT molecular complexity index is 782. The van der Waals surface area contributed by atoms with Crippen LogP contribution in [0.3, 0.4) is 0 Å². The van der Waals surface area contributed by atoms with Crippen molar-refractivity contribution < 1.29 is 14.0 Å². The second-order valence-electron chi connectivity index (χ2n) is 7.97. The van der Waals surface area contributed by atoms with E-state index in [0.717, 1.165) is 11.1 Å². The third-order valence-electron chi connectivity index (χ3n) is 4.35. The summed E-state index contributed by atoms with van der Waals surface area (Å²) in [4.78, 5) is 27.6. The van der Waals surface area contributed by atoms with E-state index in [0.29, 0.717) is 13.0 Å². The fourth-order valence-corrected chi connectivity index (χ4v) is 3.03. The summed E-state index contributed by atoms with van der Waals surface area (Å²) in [5.74, 6) is -0.668. The quantitative estimate of drug-likeness (QED) is 0.782. The van der Waals surface area contributed by atoms with Gasteiger partial charge in [0, 0.05) is 12.1 Å². The number of carbonyl (C=O) groups is 2. The predicted octanol–water partition coefficient (Wildman–Crippen LogP) is 4.09. The van der Waals surface area contributed by atoms with Crippen molar-refractivity contribution in [1.29, 1.82) is 0 Å². The zero-order valence-electron chi connectivity index (χ0n) is 17.0. The minimum absolute atomic E-state index is 0.117. The Hall–Kier alpha value is -2.69. The van der Waals surface area contributed by atoms with Gasteiger partial charge in [-0.2, -0.15) is 0 Å². The first-order valence-electron chi connectivity index (χ1n) is 9.59. The van der Waals surface area contributed by atoms with Crippen molar-refractivity contribution in [1.82, 2.24) is 10.2 Å². The lowest BCUT2D eigenvalue weighted by Crippen LogP contribution is -2.53. The maximum Gasteiger partial charge on any atom is 0.243 e. The van der Waals surface area contributed by atoms with Crippen molar-refractivity contribution in [2.24, 2.45) is 0 Å². The Kier molecular flexibility index (Phi) is 7.32. The molecule has 1 N–H and O–H groups in total. The molecule has 0 spiro atoms. The standard InChI is InChI=1S/C23H29FN2O2/c1-5-20(22(28)25-23(2,3)4)26(16-18-9-7-6-8-10-18)21(27)15-17-11-13-19(24)14-12-17/h6-14,20H,5,15-16H2,1-4H3,(H,25,28)/t20-/m1/s1. The highest BCUT2D eigenvalue weighted by molar-refractivity contribution is 5.88. The van der Waals surface area contributed by atoms with Gasteiger partial charge in [-0.1, -0.05) is 49.4 Å². The van der Waals surface area contributed by atoms with Gasteiger partial charge >= 0.3 is 0 Å². The average molecular weight is 384 g/mol. The molecular formula is C23H29FN2O2. The molecular weight excluding hydrogens is 355 g/mol. The molecule has 4 nitrogen and oxygen atoms in total. The molecule has 28 heavy (non-hydrogen) atoms. The molecule has 0 unspecified atom stereocenters. The maximum absolute atomic E-state index is 13.2. The van der Waals surface area contributed by atoms with Crippen LogP contribution in [0.5, 0.6) is 0 Å². The molecule has 0 aliphatic rings. The van der Waals surface area contributed by atoms with Gasteiger partial charge in [-0.05, 0) is 50.5 Å². The van der Waals surface area contributed by atoms with Gasteiger partial charge in [-0.15, -0.1) is 0 Å². The van der Waals surface area contributed by atoms with Crippen molar-refractivity contribution in [2.45, 2.75) is 58.7 Å². The summed E-state index contributed by atoms with van der Waals surface area (Å²) >= 11 is 0. The second-order valence-corrected chi connectivity index (χ2v) is 7.97. The van der Waals surface area contributed by atoms with Gasteiger partial charge in [0.2, 0.25) is 11.8 Å². The fourth-order valence-electron chi connectivity index (χ4n) is 3.03. The third-order valence-corrected chi connectivity index (χ3v) is 4.35. The van der Waals surface area contributed by atoms with Crippen molar-refractivity contribution in [2.75, 3.05) is 0 Å². The first-order chi connectivity index (χ1) is 13.2. The number of hydrogen-bond acceptors (Lipinski definition) is 2. The third kappa shape index (κ3) is 6.48. The molecule has 0 fully saturated rings. The molecule has 0 saturated heterocycles. The molecule has 0 saturated carbocycles. The maximum atomic E-state index is 13.2.